The summed E-state index contributed by atoms with van der Waals surface area (Å²) in [5.74, 6) is 1.16. The first-order valence-corrected chi connectivity index (χ1v) is 5.95. The van der Waals surface area contributed by atoms with E-state index >= 15 is 0 Å². The zero-order valence-corrected chi connectivity index (χ0v) is 8.93. The monoisotopic (exact) mass is 221 g/mol. The van der Waals surface area contributed by atoms with Gasteiger partial charge in [-0.1, -0.05) is 0 Å². The molecule has 0 bridgehead atoms. The first-order valence-electron chi connectivity index (χ1n) is 4.97. The minimum absolute atomic E-state index is 0.111. The minimum atomic E-state index is -0.126. The van der Waals surface area contributed by atoms with Crippen molar-refractivity contribution < 1.29 is 9.90 Å². The number of benzene rings is 1. The molecular formula is C11H11NO2S. The molecule has 1 aliphatic heterocycles. The molecule has 3 nitrogen and oxygen atoms in total. The third-order valence-corrected chi connectivity index (χ3v) is 4.41. The first kappa shape index (κ1) is 9.09. The van der Waals surface area contributed by atoms with E-state index in [1.807, 2.05) is 6.07 Å². The number of aromatic hydroxyl groups is 1. The summed E-state index contributed by atoms with van der Waals surface area (Å²) in [4.78, 5) is 12.9. The Morgan fingerprint density at radius 3 is 2.93 bits per heavy atom. The van der Waals surface area contributed by atoms with E-state index < -0.39 is 0 Å². The Balaban J connectivity index is 2.00. The molecule has 1 aromatic carbocycles. The number of carbonyl (C=O) groups excluding carboxylic acids is 1. The Kier molecular flexibility index (Phi) is 1.77. The zero-order chi connectivity index (χ0) is 10.5. The van der Waals surface area contributed by atoms with Gasteiger partial charge < -0.3 is 10.4 Å². The Bertz CT molecular complexity index is 440. The van der Waals surface area contributed by atoms with E-state index in [1.54, 1.807) is 23.9 Å². The molecule has 4 heteroatoms. The highest BCUT2D eigenvalue weighted by molar-refractivity contribution is 7.99. The normalized spacial score (nSPS) is 21.7. The molecule has 0 atom stereocenters. The topological polar surface area (TPSA) is 49.3 Å². The average molecular weight is 221 g/mol. The van der Waals surface area contributed by atoms with Gasteiger partial charge in [-0.25, -0.2) is 0 Å². The third kappa shape index (κ3) is 1.40. The van der Waals surface area contributed by atoms with Crippen LogP contribution in [0.3, 0.4) is 0 Å². The maximum atomic E-state index is 11.9. The van der Waals surface area contributed by atoms with E-state index in [0.717, 1.165) is 29.2 Å². The van der Waals surface area contributed by atoms with Crippen molar-refractivity contribution >= 4 is 23.4 Å². The number of carbonyl (C=O) groups is 1. The van der Waals surface area contributed by atoms with Gasteiger partial charge in [-0.3, -0.25) is 4.79 Å². The molecular weight excluding hydrogens is 210 g/mol. The van der Waals surface area contributed by atoms with Crippen LogP contribution < -0.4 is 5.32 Å². The summed E-state index contributed by atoms with van der Waals surface area (Å²) < 4.78 is 0. The molecule has 78 valence electrons. The van der Waals surface area contributed by atoms with Crippen molar-refractivity contribution in [2.45, 2.75) is 17.7 Å². The van der Waals surface area contributed by atoms with Crippen LogP contribution >= 0.6 is 11.8 Å². The van der Waals surface area contributed by atoms with E-state index in [-0.39, 0.29) is 17.1 Å². The van der Waals surface area contributed by atoms with Crippen molar-refractivity contribution in [1.29, 1.82) is 0 Å². The fourth-order valence-electron chi connectivity index (χ4n) is 1.80. The Hall–Kier alpha value is -1.16. The number of amides is 1. The predicted octanol–water partition coefficient (Wildman–Crippen LogP) is 2.22. The highest BCUT2D eigenvalue weighted by atomic mass is 32.2. The lowest BCUT2D eigenvalue weighted by Crippen LogP contribution is -2.24. The summed E-state index contributed by atoms with van der Waals surface area (Å²) in [6.45, 7) is 0. The number of rotatable bonds is 0. The number of phenols is 1. The first-order chi connectivity index (χ1) is 7.20. The van der Waals surface area contributed by atoms with Gasteiger partial charge in [0.2, 0.25) is 5.91 Å². The van der Waals surface area contributed by atoms with Gasteiger partial charge in [0.25, 0.3) is 0 Å². The van der Waals surface area contributed by atoms with Gasteiger partial charge in [0.1, 0.15) is 5.75 Å². The number of anilines is 1. The number of thioether (sulfide) groups is 1. The average Bonchev–Trinajstić information content (AvgIpc) is 2.98. The molecule has 0 saturated heterocycles. The van der Waals surface area contributed by atoms with Crippen LogP contribution in [0, 0.1) is 5.41 Å². The molecule has 1 aliphatic carbocycles. The Labute approximate surface area is 91.9 Å². The highest BCUT2D eigenvalue weighted by Crippen LogP contribution is 2.52. The number of nitrogens with one attached hydrogen (secondary N) is 1. The smallest absolute Gasteiger partial charge is 0.231 e. The van der Waals surface area contributed by atoms with Crippen molar-refractivity contribution in [3.05, 3.63) is 18.2 Å². The molecule has 1 saturated carbocycles. The van der Waals surface area contributed by atoms with Crippen LogP contribution in [-0.4, -0.2) is 16.8 Å². The van der Waals surface area contributed by atoms with E-state index in [0.29, 0.717) is 0 Å². The lowest BCUT2D eigenvalue weighted by molar-refractivity contribution is -0.120. The largest absolute Gasteiger partial charge is 0.508 e. The summed E-state index contributed by atoms with van der Waals surface area (Å²) in [6.07, 6.45) is 1.98. The zero-order valence-electron chi connectivity index (χ0n) is 8.12. The maximum Gasteiger partial charge on any atom is 0.231 e. The van der Waals surface area contributed by atoms with Crippen LogP contribution in [0.2, 0.25) is 0 Å². The SMILES string of the molecule is O=C1Nc2cc(O)ccc2SCC12CC2. The van der Waals surface area contributed by atoms with Gasteiger partial charge in [0, 0.05) is 16.7 Å². The quantitative estimate of drug-likeness (QED) is 0.706. The van der Waals surface area contributed by atoms with Gasteiger partial charge in [-0.15, -0.1) is 11.8 Å². The van der Waals surface area contributed by atoms with Crippen LogP contribution in [-0.2, 0) is 4.79 Å². The van der Waals surface area contributed by atoms with Crippen molar-refractivity contribution in [3.8, 4) is 5.75 Å². The van der Waals surface area contributed by atoms with E-state index in [9.17, 15) is 9.90 Å². The summed E-state index contributed by atoms with van der Waals surface area (Å²) in [5.41, 5.74) is 0.619. The predicted molar refractivity (Wildman–Crippen MR) is 59.1 cm³/mol. The fraction of sp³-hybridized carbons (Fsp3) is 0.364. The van der Waals surface area contributed by atoms with E-state index in [2.05, 4.69) is 5.32 Å². The molecule has 1 heterocycles. The number of fused-ring (bicyclic) bond motifs is 1. The second-order valence-corrected chi connectivity index (χ2v) is 5.22. The molecule has 3 rings (SSSR count). The molecule has 0 unspecified atom stereocenters. The van der Waals surface area contributed by atoms with Gasteiger partial charge in [-0.05, 0) is 25.0 Å². The summed E-state index contributed by atoms with van der Waals surface area (Å²) in [7, 11) is 0. The lowest BCUT2D eigenvalue weighted by Gasteiger charge is -2.08. The second kappa shape index (κ2) is 2.92. The van der Waals surface area contributed by atoms with Crippen molar-refractivity contribution in [3.63, 3.8) is 0 Å². The molecule has 1 fully saturated rings. The van der Waals surface area contributed by atoms with Gasteiger partial charge in [0.15, 0.2) is 0 Å². The van der Waals surface area contributed by atoms with Crippen molar-refractivity contribution in [1.82, 2.24) is 0 Å². The molecule has 1 aromatic rings. The Morgan fingerprint density at radius 2 is 2.20 bits per heavy atom. The number of phenolic OH excluding ortho intramolecular Hbond substituents is 1. The van der Waals surface area contributed by atoms with Crippen LogP contribution in [0.1, 0.15) is 12.8 Å². The molecule has 2 aliphatic rings. The molecule has 1 amide bonds. The number of hydrogen-bond acceptors (Lipinski definition) is 3. The van der Waals surface area contributed by atoms with Crippen LogP contribution in [0.15, 0.2) is 23.1 Å². The minimum Gasteiger partial charge on any atom is -0.508 e. The van der Waals surface area contributed by atoms with Gasteiger partial charge >= 0.3 is 0 Å². The standard InChI is InChI=1S/C11H11NO2S/c13-7-1-2-9-8(5-7)12-10(14)11(3-4-11)6-15-9/h1-2,5,13H,3-4,6H2,(H,12,14). The van der Waals surface area contributed by atoms with E-state index in [4.69, 9.17) is 0 Å². The van der Waals surface area contributed by atoms with Crippen molar-refractivity contribution in [2.75, 3.05) is 11.1 Å². The molecule has 2 N–H and O–H groups in total. The lowest BCUT2D eigenvalue weighted by atomic mass is 10.1. The second-order valence-electron chi connectivity index (χ2n) is 4.20. The molecule has 0 radical (unpaired) electrons. The van der Waals surface area contributed by atoms with Gasteiger partial charge in [0.05, 0.1) is 11.1 Å². The highest BCUT2D eigenvalue weighted by Gasteiger charge is 2.50. The van der Waals surface area contributed by atoms with Crippen LogP contribution in [0.5, 0.6) is 5.75 Å². The van der Waals surface area contributed by atoms with Crippen LogP contribution in [0.4, 0.5) is 5.69 Å². The number of hydrogen-bond donors (Lipinski definition) is 2. The molecule has 0 aromatic heterocycles. The maximum absolute atomic E-state index is 11.9. The summed E-state index contributed by atoms with van der Waals surface area (Å²) in [5, 5.41) is 12.2. The van der Waals surface area contributed by atoms with Crippen molar-refractivity contribution in [2.24, 2.45) is 5.41 Å². The van der Waals surface area contributed by atoms with Gasteiger partial charge in [-0.2, -0.15) is 0 Å². The summed E-state index contributed by atoms with van der Waals surface area (Å²) >= 11 is 1.70. The third-order valence-electron chi connectivity index (χ3n) is 3.05. The van der Waals surface area contributed by atoms with E-state index in [1.165, 1.54) is 0 Å². The fourth-order valence-corrected chi connectivity index (χ4v) is 3.08. The summed E-state index contributed by atoms with van der Waals surface area (Å²) in [6, 6.07) is 5.13. The molecule has 1 spiro atoms. The van der Waals surface area contributed by atoms with Crippen LogP contribution in [0.25, 0.3) is 0 Å². The molecule has 15 heavy (non-hydrogen) atoms. The Morgan fingerprint density at radius 1 is 1.40 bits per heavy atom.